The molecule has 2 rings (SSSR count). The van der Waals surface area contributed by atoms with Gasteiger partial charge >= 0.3 is 5.97 Å². The summed E-state index contributed by atoms with van der Waals surface area (Å²) < 4.78 is 4.78. The normalized spacial score (nSPS) is 20.9. The van der Waals surface area contributed by atoms with E-state index in [0.29, 0.717) is 12.5 Å². The van der Waals surface area contributed by atoms with Gasteiger partial charge in [0, 0.05) is 17.5 Å². The van der Waals surface area contributed by atoms with Crippen molar-refractivity contribution in [2.45, 2.75) is 45.2 Å². The third-order valence-electron chi connectivity index (χ3n) is 3.57. The predicted octanol–water partition coefficient (Wildman–Crippen LogP) is 2.37. The molecule has 0 N–H and O–H groups in total. The number of methoxy groups -OCH3 is 1. The van der Waals surface area contributed by atoms with E-state index < -0.39 is 0 Å². The van der Waals surface area contributed by atoms with Crippen molar-refractivity contribution in [1.29, 1.82) is 0 Å². The van der Waals surface area contributed by atoms with E-state index >= 15 is 0 Å². The average Bonchev–Trinajstić information content (AvgIpc) is 2.77. The molecule has 0 bridgehead atoms. The summed E-state index contributed by atoms with van der Waals surface area (Å²) >= 11 is 1.70. The fraction of sp³-hybridized carbons (Fsp3) is 0.692. The van der Waals surface area contributed by atoms with Crippen LogP contribution in [0.5, 0.6) is 0 Å². The Morgan fingerprint density at radius 2 is 2.44 bits per heavy atom. The number of hydrogen-bond donors (Lipinski definition) is 0. The Kier molecular flexibility index (Phi) is 4.72. The highest BCUT2D eigenvalue weighted by molar-refractivity contribution is 7.09. The van der Waals surface area contributed by atoms with Crippen LogP contribution in [-0.2, 0) is 16.1 Å². The van der Waals surface area contributed by atoms with Gasteiger partial charge in [0.25, 0.3) is 0 Å². The summed E-state index contributed by atoms with van der Waals surface area (Å²) in [5.41, 5.74) is 3.01. The van der Waals surface area contributed by atoms with E-state index in [9.17, 15) is 4.79 Å². The van der Waals surface area contributed by atoms with Gasteiger partial charge < -0.3 is 4.74 Å². The van der Waals surface area contributed by atoms with Gasteiger partial charge in [0.2, 0.25) is 0 Å². The standard InChI is InChI=1S/C13H20N2O2S/c1-10-12(18-9-14-10)8-15-6-4-3-5-11(15)7-13(16)17-2/h9,11H,3-8H2,1-2H3. The lowest BCUT2D eigenvalue weighted by Crippen LogP contribution is -2.40. The highest BCUT2D eigenvalue weighted by atomic mass is 32.1. The van der Waals surface area contributed by atoms with Crippen molar-refractivity contribution < 1.29 is 9.53 Å². The molecule has 0 aliphatic carbocycles. The summed E-state index contributed by atoms with van der Waals surface area (Å²) in [6.07, 6.45) is 4.02. The minimum absolute atomic E-state index is 0.104. The Bertz CT molecular complexity index is 405. The molecule has 0 radical (unpaired) electrons. The van der Waals surface area contributed by atoms with Crippen LogP contribution in [0.1, 0.15) is 36.3 Å². The molecule has 1 aromatic rings. The van der Waals surface area contributed by atoms with Crippen molar-refractivity contribution in [1.82, 2.24) is 9.88 Å². The molecule has 0 saturated carbocycles. The van der Waals surface area contributed by atoms with Crippen molar-refractivity contribution in [2.24, 2.45) is 0 Å². The third-order valence-corrected chi connectivity index (χ3v) is 4.49. The first-order valence-corrected chi connectivity index (χ1v) is 7.28. The van der Waals surface area contributed by atoms with Crippen molar-refractivity contribution >= 4 is 17.3 Å². The lowest BCUT2D eigenvalue weighted by Gasteiger charge is -2.34. The zero-order valence-corrected chi connectivity index (χ0v) is 11.8. The number of carbonyl (C=O) groups is 1. The van der Waals surface area contributed by atoms with Gasteiger partial charge in [0.05, 0.1) is 24.7 Å². The van der Waals surface area contributed by atoms with Crippen LogP contribution in [0, 0.1) is 6.92 Å². The van der Waals surface area contributed by atoms with Gasteiger partial charge in [-0.2, -0.15) is 0 Å². The number of likely N-dealkylation sites (tertiary alicyclic amines) is 1. The molecule has 100 valence electrons. The fourth-order valence-electron chi connectivity index (χ4n) is 2.44. The molecule has 18 heavy (non-hydrogen) atoms. The van der Waals surface area contributed by atoms with Crippen molar-refractivity contribution in [3.05, 3.63) is 16.1 Å². The van der Waals surface area contributed by atoms with Gasteiger partial charge in [0.15, 0.2) is 0 Å². The fourth-order valence-corrected chi connectivity index (χ4v) is 3.24. The summed E-state index contributed by atoms with van der Waals surface area (Å²) in [5, 5.41) is 0. The van der Waals surface area contributed by atoms with Crippen LogP contribution in [-0.4, -0.2) is 35.5 Å². The lowest BCUT2D eigenvalue weighted by atomic mass is 9.99. The van der Waals surface area contributed by atoms with E-state index in [2.05, 4.69) is 9.88 Å². The number of ether oxygens (including phenoxy) is 1. The van der Waals surface area contributed by atoms with Crippen LogP contribution < -0.4 is 0 Å². The summed E-state index contributed by atoms with van der Waals surface area (Å²) in [7, 11) is 1.46. The maximum atomic E-state index is 11.4. The molecule has 2 heterocycles. The van der Waals surface area contributed by atoms with E-state index in [1.54, 1.807) is 11.3 Å². The van der Waals surface area contributed by atoms with Crippen LogP contribution >= 0.6 is 11.3 Å². The first-order valence-electron chi connectivity index (χ1n) is 6.40. The molecule has 1 aliphatic rings. The molecule has 1 aromatic heterocycles. The second kappa shape index (κ2) is 6.29. The van der Waals surface area contributed by atoms with Gasteiger partial charge in [-0.3, -0.25) is 9.69 Å². The maximum absolute atomic E-state index is 11.4. The van der Waals surface area contributed by atoms with Crippen molar-refractivity contribution in [3.8, 4) is 0 Å². The molecule has 0 amide bonds. The zero-order chi connectivity index (χ0) is 13.0. The average molecular weight is 268 g/mol. The summed E-state index contributed by atoms with van der Waals surface area (Å²) in [5.74, 6) is -0.104. The van der Waals surface area contributed by atoms with Crippen LogP contribution in [0.3, 0.4) is 0 Å². The van der Waals surface area contributed by atoms with Gasteiger partial charge in [0.1, 0.15) is 0 Å². The number of nitrogens with zero attached hydrogens (tertiary/aromatic N) is 2. The minimum atomic E-state index is -0.104. The van der Waals surface area contributed by atoms with Gasteiger partial charge in [-0.1, -0.05) is 6.42 Å². The van der Waals surface area contributed by atoms with E-state index in [4.69, 9.17) is 4.74 Å². The molecule has 4 nitrogen and oxygen atoms in total. The van der Waals surface area contributed by atoms with Crippen molar-refractivity contribution in [2.75, 3.05) is 13.7 Å². The Morgan fingerprint density at radius 3 is 3.11 bits per heavy atom. The largest absolute Gasteiger partial charge is 0.469 e. The molecule has 1 fully saturated rings. The van der Waals surface area contributed by atoms with Crippen LogP contribution in [0.25, 0.3) is 0 Å². The highest BCUT2D eigenvalue weighted by Gasteiger charge is 2.25. The zero-order valence-electron chi connectivity index (χ0n) is 11.0. The van der Waals surface area contributed by atoms with Gasteiger partial charge in [-0.25, -0.2) is 4.98 Å². The summed E-state index contributed by atoms with van der Waals surface area (Å²) in [4.78, 5) is 19.4. The van der Waals surface area contributed by atoms with Gasteiger partial charge in [-0.15, -0.1) is 11.3 Å². The molecule has 0 spiro atoms. The first-order chi connectivity index (χ1) is 8.70. The summed E-state index contributed by atoms with van der Waals surface area (Å²) in [6, 6.07) is 0.327. The Morgan fingerprint density at radius 1 is 1.61 bits per heavy atom. The Labute approximate surface area is 112 Å². The molecule has 1 aliphatic heterocycles. The molecule has 5 heteroatoms. The number of thiazole rings is 1. The number of aryl methyl sites for hydroxylation is 1. The quantitative estimate of drug-likeness (QED) is 0.786. The first kappa shape index (κ1) is 13.5. The van der Waals surface area contributed by atoms with E-state index in [1.165, 1.54) is 24.8 Å². The second-order valence-electron chi connectivity index (χ2n) is 4.76. The topological polar surface area (TPSA) is 42.4 Å². The molecule has 0 aromatic carbocycles. The number of carbonyl (C=O) groups excluding carboxylic acids is 1. The smallest absolute Gasteiger partial charge is 0.307 e. The van der Waals surface area contributed by atoms with Crippen LogP contribution in [0.4, 0.5) is 0 Å². The number of rotatable bonds is 4. The van der Waals surface area contributed by atoms with E-state index in [-0.39, 0.29) is 5.97 Å². The van der Waals surface area contributed by atoms with E-state index in [1.807, 2.05) is 12.4 Å². The monoisotopic (exact) mass is 268 g/mol. The van der Waals surface area contributed by atoms with Crippen LogP contribution in [0.15, 0.2) is 5.51 Å². The van der Waals surface area contributed by atoms with Crippen molar-refractivity contribution in [3.63, 3.8) is 0 Å². The number of esters is 1. The van der Waals surface area contributed by atoms with E-state index in [0.717, 1.165) is 25.2 Å². The third kappa shape index (κ3) is 3.29. The van der Waals surface area contributed by atoms with Crippen LogP contribution in [0.2, 0.25) is 0 Å². The Hall–Kier alpha value is -0.940. The summed E-state index contributed by atoms with van der Waals surface area (Å²) in [6.45, 7) is 4.03. The Balaban J connectivity index is 1.99. The minimum Gasteiger partial charge on any atom is -0.469 e. The number of piperidine rings is 1. The highest BCUT2D eigenvalue weighted by Crippen LogP contribution is 2.24. The molecule has 1 saturated heterocycles. The molecule has 1 unspecified atom stereocenters. The lowest BCUT2D eigenvalue weighted by molar-refractivity contribution is -0.142. The second-order valence-corrected chi connectivity index (χ2v) is 5.70. The maximum Gasteiger partial charge on any atom is 0.307 e. The molecular formula is C13H20N2O2S. The predicted molar refractivity (Wildman–Crippen MR) is 71.5 cm³/mol. The SMILES string of the molecule is COC(=O)CC1CCCCN1Cc1scnc1C. The molecular weight excluding hydrogens is 248 g/mol. The number of aromatic nitrogens is 1. The molecule has 1 atom stereocenters. The number of hydrogen-bond acceptors (Lipinski definition) is 5. The van der Waals surface area contributed by atoms with Gasteiger partial charge in [-0.05, 0) is 26.3 Å².